The summed E-state index contributed by atoms with van der Waals surface area (Å²) in [5.41, 5.74) is 5.59. The third-order valence-corrected chi connectivity index (χ3v) is 2.07. The predicted molar refractivity (Wildman–Crippen MR) is 48.2 cm³/mol. The van der Waals surface area contributed by atoms with E-state index in [1.807, 2.05) is 6.92 Å². The third-order valence-electron chi connectivity index (χ3n) is 2.07. The Morgan fingerprint density at radius 2 is 2.54 bits per heavy atom. The highest BCUT2D eigenvalue weighted by atomic mass is 16.6. The van der Waals surface area contributed by atoms with Gasteiger partial charge in [0.1, 0.15) is 12.1 Å². The fourth-order valence-corrected chi connectivity index (χ4v) is 1.29. The predicted octanol–water partition coefficient (Wildman–Crippen LogP) is 0.446. The fraction of sp³-hybridized carbons (Fsp3) is 0.889. The molecule has 1 saturated heterocycles. The van der Waals surface area contributed by atoms with Gasteiger partial charge in [-0.1, -0.05) is 13.3 Å². The molecule has 0 saturated carbocycles. The first-order valence-corrected chi connectivity index (χ1v) is 4.78. The van der Waals surface area contributed by atoms with Gasteiger partial charge in [0.15, 0.2) is 0 Å². The summed E-state index contributed by atoms with van der Waals surface area (Å²) in [4.78, 5) is 11.3. The Balaban J connectivity index is 2.22. The van der Waals surface area contributed by atoms with Gasteiger partial charge in [-0.3, -0.25) is 4.79 Å². The smallest absolute Gasteiger partial charge is 0.323 e. The second-order valence-electron chi connectivity index (χ2n) is 3.32. The van der Waals surface area contributed by atoms with E-state index in [1.165, 1.54) is 0 Å². The monoisotopic (exact) mass is 187 g/mol. The molecule has 1 aliphatic heterocycles. The van der Waals surface area contributed by atoms with Gasteiger partial charge in [0.25, 0.3) is 0 Å². The van der Waals surface area contributed by atoms with Crippen molar-refractivity contribution in [2.75, 3.05) is 13.2 Å². The van der Waals surface area contributed by atoms with Crippen LogP contribution in [0.2, 0.25) is 0 Å². The summed E-state index contributed by atoms with van der Waals surface area (Å²) < 4.78 is 10.2. The maximum atomic E-state index is 11.3. The molecule has 4 heteroatoms. The van der Waals surface area contributed by atoms with Crippen molar-refractivity contribution < 1.29 is 14.3 Å². The van der Waals surface area contributed by atoms with Crippen molar-refractivity contribution in [3.8, 4) is 0 Å². The van der Waals surface area contributed by atoms with Crippen molar-refractivity contribution in [3.05, 3.63) is 0 Å². The lowest BCUT2D eigenvalue weighted by Gasteiger charge is -2.13. The molecule has 13 heavy (non-hydrogen) atoms. The van der Waals surface area contributed by atoms with Gasteiger partial charge in [-0.25, -0.2) is 0 Å². The molecule has 4 nitrogen and oxygen atoms in total. The van der Waals surface area contributed by atoms with E-state index in [1.54, 1.807) is 0 Å². The molecule has 0 amide bonds. The molecule has 1 rings (SSSR count). The minimum Gasteiger partial charge on any atom is -0.459 e. The molecule has 0 aromatic rings. The van der Waals surface area contributed by atoms with E-state index >= 15 is 0 Å². The van der Waals surface area contributed by atoms with Gasteiger partial charge in [-0.2, -0.15) is 0 Å². The molecule has 0 aromatic carbocycles. The lowest BCUT2D eigenvalue weighted by molar-refractivity contribution is -0.150. The van der Waals surface area contributed by atoms with Crippen LogP contribution in [0.1, 0.15) is 26.2 Å². The highest BCUT2D eigenvalue weighted by Gasteiger charge is 2.22. The fourth-order valence-electron chi connectivity index (χ4n) is 1.29. The number of hydrogen-bond donors (Lipinski definition) is 1. The molecule has 1 fully saturated rings. The summed E-state index contributed by atoms with van der Waals surface area (Å²) in [6.07, 6.45) is 2.31. The number of carbonyl (C=O) groups is 1. The largest absolute Gasteiger partial charge is 0.459 e. The SMILES string of the molecule is CCCC(N)C(=O)OC1CCOC1. The van der Waals surface area contributed by atoms with Crippen molar-refractivity contribution in [1.82, 2.24) is 0 Å². The summed E-state index contributed by atoms with van der Waals surface area (Å²) in [6, 6.07) is -0.467. The van der Waals surface area contributed by atoms with Crippen molar-refractivity contribution in [2.45, 2.75) is 38.3 Å². The van der Waals surface area contributed by atoms with Crippen LogP contribution in [0.3, 0.4) is 0 Å². The van der Waals surface area contributed by atoms with Gasteiger partial charge in [-0.15, -0.1) is 0 Å². The molecule has 0 aliphatic carbocycles. The molecule has 2 N–H and O–H groups in total. The molecule has 1 aliphatic rings. The summed E-state index contributed by atoms with van der Waals surface area (Å²) in [5, 5.41) is 0. The standard InChI is InChI=1S/C9H17NO3/c1-2-3-8(10)9(11)13-7-4-5-12-6-7/h7-8H,2-6,10H2,1H3. The van der Waals surface area contributed by atoms with E-state index in [2.05, 4.69) is 0 Å². The Hall–Kier alpha value is -0.610. The molecule has 2 unspecified atom stereocenters. The summed E-state index contributed by atoms with van der Waals surface area (Å²) in [7, 11) is 0. The van der Waals surface area contributed by atoms with Crippen LogP contribution in [0.4, 0.5) is 0 Å². The van der Waals surface area contributed by atoms with E-state index < -0.39 is 6.04 Å². The summed E-state index contributed by atoms with van der Waals surface area (Å²) in [6.45, 7) is 3.19. The van der Waals surface area contributed by atoms with E-state index in [-0.39, 0.29) is 12.1 Å². The topological polar surface area (TPSA) is 61.6 Å². The quantitative estimate of drug-likeness (QED) is 0.649. The highest BCUT2D eigenvalue weighted by Crippen LogP contribution is 2.09. The zero-order valence-electron chi connectivity index (χ0n) is 7.99. The van der Waals surface area contributed by atoms with E-state index in [9.17, 15) is 4.79 Å². The molecule has 0 radical (unpaired) electrons. The van der Waals surface area contributed by atoms with Crippen LogP contribution in [-0.4, -0.2) is 31.3 Å². The Labute approximate surface area is 78.4 Å². The number of hydrogen-bond acceptors (Lipinski definition) is 4. The third kappa shape index (κ3) is 3.32. The zero-order valence-corrected chi connectivity index (χ0v) is 7.99. The van der Waals surface area contributed by atoms with Crippen LogP contribution in [0.25, 0.3) is 0 Å². The highest BCUT2D eigenvalue weighted by molar-refractivity contribution is 5.75. The van der Waals surface area contributed by atoms with Crippen molar-refractivity contribution in [2.24, 2.45) is 5.73 Å². The van der Waals surface area contributed by atoms with E-state index in [4.69, 9.17) is 15.2 Å². The van der Waals surface area contributed by atoms with Crippen molar-refractivity contribution >= 4 is 5.97 Å². The van der Waals surface area contributed by atoms with Crippen LogP contribution in [0.15, 0.2) is 0 Å². The zero-order chi connectivity index (χ0) is 9.68. The number of carbonyl (C=O) groups excluding carboxylic acids is 1. The van der Waals surface area contributed by atoms with Gasteiger partial charge in [0, 0.05) is 6.42 Å². The van der Waals surface area contributed by atoms with Crippen LogP contribution < -0.4 is 5.73 Å². The number of esters is 1. The van der Waals surface area contributed by atoms with E-state index in [0.29, 0.717) is 19.6 Å². The Bertz CT molecular complexity index is 166. The lowest BCUT2D eigenvalue weighted by atomic mass is 10.2. The Morgan fingerprint density at radius 1 is 1.77 bits per heavy atom. The maximum Gasteiger partial charge on any atom is 0.323 e. The molecule has 2 atom stereocenters. The second kappa shape index (κ2) is 5.19. The van der Waals surface area contributed by atoms with Gasteiger partial charge < -0.3 is 15.2 Å². The van der Waals surface area contributed by atoms with Crippen molar-refractivity contribution in [3.63, 3.8) is 0 Å². The maximum absolute atomic E-state index is 11.3. The lowest BCUT2D eigenvalue weighted by Crippen LogP contribution is -2.34. The normalized spacial score (nSPS) is 24.3. The number of nitrogens with two attached hydrogens (primary N) is 1. The molecular formula is C9H17NO3. The van der Waals surface area contributed by atoms with E-state index in [0.717, 1.165) is 12.8 Å². The summed E-state index contributed by atoms with van der Waals surface area (Å²) in [5.74, 6) is -0.294. The van der Waals surface area contributed by atoms with Gasteiger partial charge in [0.2, 0.25) is 0 Å². The van der Waals surface area contributed by atoms with Gasteiger partial charge >= 0.3 is 5.97 Å². The molecular weight excluding hydrogens is 170 g/mol. The van der Waals surface area contributed by atoms with Gasteiger partial charge in [0.05, 0.1) is 13.2 Å². The first-order chi connectivity index (χ1) is 6.24. The average molecular weight is 187 g/mol. The van der Waals surface area contributed by atoms with Crippen molar-refractivity contribution in [1.29, 1.82) is 0 Å². The van der Waals surface area contributed by atoms with Crippen LogP contribution >= 0.6 is 0 Å². The molecule has 0 spiro atoms. The molecule has 1 heterocycles. The average Bonchev–Trinajstić information content (AvgIpc) is 2.57. The van der Waals surface area contributed by atoms with Crippen LogP contribution in [0.5, 0.6) is 0 Å². The second-order valence-corrected chi connectivity index (χ2v) is 3.32. The number of rotatable bonds is 4. The van der Waals surface area contributed by atoms with Crippen LogP contribution in [0, 0.1) is 0 Å². The molecule has 0 aromatic heterocycles. The van der Waals surface area contributed by atoms with Gasteiger partial charge in [-0.05, 0) is 6.42 Å². The number of ether oxygens (including phenoxy) is 2. The summed E-state index contributed by atoms with van der Waals surface area (Å²) >= 11 is 0. The first-order valence-electron chi connectivity index (χ1n) is 4.78. The molecule has 76 valence electrons. The Morgan fingerprint density at radius 3 is 3.08 bits per heavy atom. The minimum absolute atomic E-state index is 0.0737. The minimum atomic E-state index is -0.467. The molecule has 0 bridgehead atoms. The Kier molecular flexibility index (Phi) is 4.18. The van der Waals surface area contributed by atoms with Crippen LogP contribution in [-0.2, 0) is 14.3 Å². The first kappa shape index (κ1) is 10.5.